The lowest BCUT2D eigenvalue weighted by Crippen LogP contribution is -2.23. The molecule has 0 aliphatic carbocycles. The molecule has 1 nitrogen and oxygen atoms in total. The average Bonchev–Trinajstić information content (AvgIpc) is 2.51. The summed E-state index contributed by atoms with van der Waals surface area (Å²) in [7, 11) is 0. The van der Waals surface area contributed by atoms with Gasteiger partial charge in [0.05, 0.1) is 0 Å². The van der Waals surface area contributed by atoms with Crippen LogP contribution < -0.4 is 5.32 Å². The van der Waals surface area contributed by atoms with E-state index in [1.54, 1.807) is 6.07 Å². The molecule has 1 N–H and O–H groups in total. The van der Waals surface area contributed by atoms with Crippen molar-refractivity contribution >= 4 is 0 Å². The van der Waals surface area contributed by atoms with Gasteiger partial charge in [-0.3, -0.25) is 0 Å². The van der Waals surface area contributed by atoms with E-state index in [1.807, 2.05) is 18.2 Å². The third-order valence-corrected chi connectivity index (χ3v) is 3.55. The van der Waals surface area contributed by atoms with Gasteiger partial charge in [0.15, 0.2) is 11.6 Å². The molecular weight excluding hydrogens is 268 g/mol. The Labute approximate surface area is 125 Å². The van der Waals surface area contributed by atoms with Crippen LogP contribution in [0.15, 0.2) is 48.5 Å². The van der Waals surface area contributed by atoms with Crippen LogP contribution in [0, 0.1) is 11.6 Å². The molecule has 0 saturated heterocycles. The van der Waals surface area contributed by atoms with Crippen molar-refractivity contribution in [3.8, 4) is 0 Å². The maximum Gasteiger partial charge on any atom is 0.159 e. The average molecular weight is 289 g/mol. The van der Waals surface area contributed by atoms with E-state index in [2.05, 4.69) is 24.4 Å². The van der Waals surface area contributed by atoms with E-state index in [1.165, 1.54) is 17.7 Å². The molecule has 2 aromatic rings. The molecule has 3 heteroatoms. The van der Waals surface area contributed by atoms with Crippen LogP contribution >= 0.6 is 0 Å². The first-order valence-electron chi connectivity index (χ1n) is 7.43. The van der Waals surface area contributed by atoms with Gasteiger partial charge in [0, 0.05) is 6.04 Å². The van der Waals surface area contributed by atoms with E-state index >= 15 is 0 Å². The second-order valence-electron chi connectivity index (χ2n) is 5.20. The minimum Gasteiger partial charge on any atom is -0.310 e. The van der Waals surface area contributed by atoms with Gasteiger partial charge in [0.1, 0.15) is 0 Å². The van der Waals surface area contributed by atoms with Crippen LogP contribution in [0.1, 0.15) is 36.9 Å². The first-order chi connectivity index (χ1) is 10.2. The number of nitrogens with one attached hydrogen (secondary N) is 1. The zero-order chi connectivity index (χ0) is 15.1. The predicted molar refractivity (Wildman–Crippen MR) is 82.2 cm³/mol. The predicted octanol–water partition coefficient (Wildman–Crippen LogP) is 4.64. The molecule has 0 aliphatic heterocycles. The lowest BCUT2D eigenvalue weighted by Gasteiger charge is -2.19. The quantitative estimate of drug-likeness (QED) is 0.783. The summed E-state index contributed by atoms with van der Waals surface area (Å²) in [5.74, 6) is -1.58. The van der Waals surface area contributed by atoms with E-state index < -0.39 is 11.6 Å². The van der Waals surface area contributed by atoms with E-state index in [9.17, 15) is 8.78 Å². The molecule has 2 rings (SSSR count). The molecule has 0 aromatic heterocycles. The minimum absolute atomic E-state index is 0.0419. The largest absolute Gasteiger partial charge is 0.310 e. The van der Waals surface area contributed by atoms with Crippen molar-refractivity contribution in [1.29, 1.82) is 0 Å². The normalized spacial score (nSPS) is 12.3. The SMILES string of the molecule is CCCNC(CCc1ccccc1)c1ccc(F)c(F)c1. The van der Waals surface area contributed by atoms with E-state index in [0.717, 1.165) is 31.4 Å². The number of benzene rings is 2. The number of hydrogen-bond acceptors (Lipinski definition) is 1. The highest BCUT2D eigenvalue weighted by Gasteiger charge is 2.13. The topological polar surface area (TPSA) is 12.0 Å². The zero-order valence-electron chi connectivity index (χ0n) is 12.3. The fourth-order valence-corrected chi connectivity index (χ4v) is 2.39. The smallest absolute Gasteiger partial charge is 0.159 e. The molecule has 0 amide bonds. The first-order valence-corrected chi connectivity index (χ1v) is 7.43. The lowest BCUT2D eigenvalue weighted by atomic mass is 9.98. The molecule has 0 heterocycles. The maximum atomic E-state index is 13.4. The van der Waals surface area contributed by atoms with E-state index in [-0.39, 0.29) is 6.04 Å². The molecule has 0 radical (unpaired) electrons. The second kappa shape index (κ2) is 7.89. The third-order valence-electron chi connectivity index (χ3n) is 3.55. The lowest BCUT2D eigenvalue weighted by molar-refractivity contribution is 0.480. The van der Waals surface area contributed by atoms with Gasteiger partial charge in [-0.25, -0.2) is 8.78 Å². The number of hydrogen-bond donors (Lipinski definition) is 1. The highest BCUT2D eigenvalue weighted by atomic mass is 19.2. The van der Waals surface area contributed by atoms with Gasteiger partial charge in [-0.05, 0) is 49.1 Å². The van der Waals surface area contributed by atoms with Gasteiger partial charge in [-0.15, -0.1) is 0 Å². The number of rotatable bonds is 7. The highest BCUT2D eigenvalue weighted by Crippen LogP contribution is 2.21. The fourth-order valence-electron chi connectivity index (χ4n) is 2.39. The van der Waals surface area contributed by atoms with Crippen molar-refractivity contribution in [2.45, 2.75) is 32.2 Å². The standard InChI is InChI=1S/C18H21F2N/c1-2-12-21-18(11-8-14-6-4-3-5-7-14)15-9-10-16(19)17(20)13-15/h3-7,9-10,13,18,21H,2,8,11-12H2,1H3. The number of aryl methyl sites for hydroxylation is 1. The molecule has 1 atom stereocenters. The van der Waals surface area contributed by atoms with Gasteiger partial charge in [0.2, 0.25) is 0 Å². The summed E-state index contributed by atoms with van der Waals surface area (Å²) in [6, 6.07) is 14.4. The molecule has 0 bridgehead atoms. The van der Waals surface area contributed by atoms with Crippen LogP contribution in [0.2, 0.25) is 0 Å². The van der Waals surface area contributed by atoms with Crippen molar-refractivity contribution in [3.63, 3.8) is 0 Å². The summed E-state index contributed by atoms with van der Waals surface area (Å²) >= 11 is 0. The molecular formula is C18H21F2N. The van der Waals surface area contributed by atoms with Crippen LogP contribution in [-0.4, -0.2) is 6.54 Å². The summed E-state index contributed by atoms with van der Waals surface area (Å²) in [6.45, 7) is 2.95. The van der Waals surface area contributed by atoms with Crippen molar-refractivity contribution < 1.29 is 8.78 Å². The molecule has 21 heavy (non-hydrogen) atoms. The Morgan fingerprint density at radius 2 is 1.76 bits per heavy atom. The van der Waals surface area contributed by atoms with Crippen LogP contribution in [0.5, 0.6) is 0 Å². The first kappa shape index (κ1) is 15.6. The van der Waals surface area contributed by atoms with Gasteiger partial charge in [-0.1, -0.05) is 43.3 Å². The molecule has 0 fully saturated rings. The summed E-state index contributed by atoms with van der Waals surface area (Å²) in [6.07, 6.45) is 2.77. The van der Waals surface area contributed by atoms with Crippen LogP contribution in [-0.2, 0) is 6.42 Å². The minimum atomic E-state index is -0.795. The van der Waals surface area contributed by atoms with E-state index in [4.69, 9.17) is 0 Å². The van der Waals surface area contributed by atoms with Gasteiger partial charge >= 0.3 is 0 Å². The Hall–Kier alpha value is -1.74. The molecule has 0 spiro atoms. The van der Waals surface area contributed by atoms with Crippen LogP contribution in [0.25, 0.3) is 0 Å². The molecule has 112 valence electrons. The molecule has 1 unspecified atom stereocenters. The van der Waals surface area contributed by atoms with Crippen molar-refractivity contribution in [1.82, 2.24) is 5.32 Å². The zero-order valence-corrected chi connectivity index (χ0v) is 12.3. The second-order valence-corrected chi connectivity index (χ2v) is 5.20. The summed E-state index contributed by atoms with van der Waals surface area (Å²) in [5, 5.41) is 3.41. The van der Waals surface area contributed by atoms with E-state index in [0.29, 0.717) is 0 Å². The highest BCUT2D eigenvalue weighted by molar-refractivity contribution is 5.22. The Balaban J connectivity index is 2.08. The van der Waals surface area contributed by atoms with Crippen LogP contribution in [0.4, 0.5) is 8.78 Å². The molecule has 2 aromatic carbocycles. The van der Waals surface area contributed by atoms with Crippen molar-refractivity contribution in [3.05, 3.63) is 71.3 Å². The summed E-state index contributed by atoms with van der Waals surface area (Å²) in [4.78, 5) is 0. The van der Waals surface area contributed by atoms with Crippen molar-refractivity contribution in [2.24, 2.45) is 0 Å². The van der Waals surface area contributed by atoms with Crippen molar-refractivity contribution in [2.75, 3.05) is 6.54 Å². The van der Waals surface area contributed by atoms with Gasteiger partial charge in [0.25, 0.3) is 0 Å². The Morgan fingerprint density at radius 1 is 1.00 bits per heavy atom. The Kier molecular flexibility index (Phi) is 5.88. The van der Waals surface area contributed by atoms with Gasteiger partial charge in [-0.2, -0.15) is 0 Å². The Bertz CT molecular complexity index is 554. The Morgan fingerprint density at radius 3 is 2.43 bits per heavy atom. The molecule has 0 aliphatic rings. The summed E-state index contributed by atoms with van der Waals surface area (Å²) < 4.78 is 26.5. The number of halogens is 2. The van der Waals surface area contributed by atoms with Gasteiger partial charge < -0.3 is 5.32 Å². The monoisotopic (exact) mass is 289 g/mol. The molecule has 0 saturated carbocycles. The fraction of sp³-hybridized carbons (Fsp3) is 0.333. The third kappa shape index (κ3) is 4.64. The van der Waals surface area contributed by atoms with Crippen LogP contribution in [0.3, 0.4) is 0 Å². The summed E-state index contributed by atoms with van der Waals surface area (Å²) in [5.41, 5.74) is 2.06. The maximum absolute atomic E-state index is 13.4.